The normalized spacial score (nSPS) is 16.1. The van der Waals surface area contributed by atoms with Gasteiger partial charge in [0.25, 0.3) is 0 Å². The molecule has 135 valence electrons. The largest absolute Gasteiger partial charge is 1.00 e. The summed E-state index contributed by atoms with van der Waals surface area (Å²) in [5.41, 5.74) is 1.78. The maximum Gasteiger partial charge on any atom is -1.00 e. The SMILES string of the molecule is CCC[CH](C)[Ti+2]([C]1=C(CCN(C)C)CC=C1)[CH](C)CCC.[Cl-].[Cl-]. The molecule has 0 radical (unpaired) electrons. The van der Waals surface area contributed by atoms with Crippen LogP contribution in [0.4, 0.5) is 0 Å². The number of allylic oxidation sites excluding steroid dienone is 3. The van der Waals surface area contributed by atoms with E-state index in [0.29, 0.717) is 0 Å². The van der Waals surface area contributed by atoms with E-state index in [-0.39, 0.29) is 24.8 Å². The number of hydrogen-bond donors (Lipinski definition) is 0. The summed E-state index contributed by atoms with van der Waals surface area (Å²) < 4.78 is 3.81. The molecule has 0 N–H and O–H groups in total. The second-order valence-electron chi connectivity index (χ2n) is 7.01. The number of hydrogen-bond acceptors (Lipinski definition) is 1. The van der Waals surface area contributed by atoms with E-state index in [4.69, 9.17) is 0 Å². The third-order valence-corrected chi connectivity index (χ3v) is 10.7. The van der Waals surface area contributed by atoms with Crippen molar-refractivity contribution in [1.82, 2.24) is 4.90 Å². The van der Waals surface area contributed by atoms with Gasteiger partial charge in [0, 0.05) is 0 Å². The van der Waals surface area contributed by atoms with Gasteiger partial charge in [-0.2, -0.15) is 0 Å². The van der Waals surface area contributed by atoms with E-state index >= 15 is 0 Å². The molecule has 2 unspecified atom stereocenters. The van der Waals surface area contributed by atoms with Crippen LogP contribution in [0.15, 0.2) is 21.6 Å². The number of rotatable bonds is 10. The van der Waals surface area contributed by atoms with Gasteiger partial charge >= 0.3 is 140 Å². The Kier molecular flexibility index (Phi) is 15.8. The summed E-state index contributed by atoms with van der Waals surface area (Å²) in [6.45, 7) is 11.0. The number of halogens is 2. The van der Waals surface area contributed by atoms with Crippen molar-refractivity contribution in [2.24, 2.45) is 0 Å². The van der Waals surface area contributed by atoms with Gasteiger partial charge in [-0.3, -0.25) is 0 Å². The molecule has 0 saturated carbocycles. The average molecular weight is 397 g/mol. The first-order valence-electron chi connectivity index (χ1n) is 8.91. The molecule has 0 amide bonds. The summed E-state index contributed by atoms with van der Waals surface area (Å²) in [7, 11) is 4.39. The second kappa shape index (κ2) is 14.0. The molecule has 1 nitrogen and oxygen atoms in total. The van der Waals surface area contributed by atoms with Gasteiger partial charge in [-0.1, -0.05) is 0 Å². The first kappa shape index (κ1) is 26.0. The van der Waals surface area contributed by atoms with Gasteiger partial charge in [0.2, 0.25) is 0 Å². The van der Waals surface area contributed by atoms with Crippen molar-refractivity contribution in [3.05, 3.63) is 21.6 Å². The van der Waals surface area contributed by atoms with E-state index in [1.54, 1.807) is 5.57 Å². The fraction of sp³-hybridized carbons (Fsp3) is 0.789. The molecule has 2 atom stereocenters. The average Bonchev–Trinajstić information content (AvgIpc) is 2.85. The van der Waals surface area contributed by atoms with Crippen LogP contribution in [0, 0.1) is 0 Å². The van der Waals surface area contributed by atoms with Crippen molar-refractivity contribution in [2.45, 2.75) is 74.7 Å². The van der Waals surface area contributed by atoms with E-state index in [9.17, 15) is 0 Å². The zero-order valence-electron chi connectivity index (χ0n) is 16.0. The zero-order chi connectivity index (χ0) is 15.8. The summed E-state index contributed by atoms with van der Waals surface area (Å²) >= 11 is -1.18. The Balaban J connectivity index is 0. The Morgan fingerprint density at radius 3 is 2.00 bits per heavy atom. The first-order chi connectivity index (χ1) is 10.0. The van der Waals surface area contributed by atoms with Gasteiger partial charge in [0.15, 0.2) is 0 Å². The molecule has 0 spiro atoms. The van der Waals surface area contributed by atoms with Crippen LogP contribution in [-0.4, -0.2) is 25.5 Å². The minimum atomic E-state index is -1.18. The molecule has 0 aromatic rings. The predicted octanol–water partition coefficient (Wildman–Crippen LogP) is -0.00470. The molecule has 1 aliphatic carbocycles. The van der Waals surface area contributed by atoms with Crippen LogP contribution in [0.3, 0.4) is 0 Å². The van der Waals surface area contributed by atoms with Gasteiger partial charge in [-0.05, 0) is 0 Å². The summed E-state index contributed by atoms with van der Waals surface area (Å²) in [5.74, 6) is 0. The van der Waals surface area contributed by atoms with Crippen LogP contribution >= 0.6 is 0 Å². The minimum absolute atomic E-state index is 0. The van der Waals surface area contributed by atoms with Crippen LogP contribution < -0.4 is 24.8 Å². The van der Waals surface area contributed by atoms with Crippen LogP contribution in [0.25, 0.3) is 0 Å². The summed E-state index contributed by atoms with van der Waals surface area (Å²) in [4.78, 5) is 2.33. The molecule has 0 saturated heterocycles. The second-order valence-corrected chi connectivity index (χ2v) is 12.4. The van der Waals surface area contributed by atoms with Crippen molar-refractivity contribution in [3.8, 4) is 0 Å². The van der Waals surface area contributed by atoms with Crippen LogP contribution in [0.5, 0.6) is 0 Å². The van der Waals surface area contributed by atoms with E-state index < -0.39 is 17.9 Å². The molecule has 1 rings (SSSR count). The Labute approximate surface area is 164 Å². The van der Waals surface area contributed by atoms with Crippen molar-refractivity contribution in [3.63, 3.8) is 0 Å². The molecular weight excluding hydrogens is 361 g/mol. The topological polar surface area (TPSA) is 3.24 Å². The van der Waals surface area contributed by atoms with E-state index in [2.05, 4.69) is 58.8 Å². The summed E-state index contributed by atoms with van der Waals surface area (Å²) in [6.07, 6.45) is 13.0. The predicted molar refractivity (Wildman–Crippen MR) is 92.6 cm³/mol. The van der Waals surface area contributed by atoms with Crippen molar-refractivity contribution in [2.75, 3.05) is 20.6 Å². The molecule has 23 heavy (non-hydrogen) atoms. The first-order valence-corrected chi connectivity index (χ1v) is 11.5. The van der Waals surface area contributed by atoms with E-state index in [1.165, 1.54) is 45.1 Å². The molecule has 0 aromatic carbocycles. The molecule has 0 aliphatic heterocycles. The summed E-state index contributed by atoms with van der Waals surface area (Å²) in [6, 6.07) is 0. The summed E-state index contributed by atoms with van der Waals surface area (Å²) in [5, 5.41) is 0. The molecule has 0 heterocycles. The standard InChI is InChI=1S/C9H14N.2C5H11.2ClH.Ti/c1-10(2)8-7-9-5-3-4-6-9;2*1-3-5-4-2;;;/h3-4H,5,7-8H2,1-2H3;2*3H,4-5H2,1-2H3;2*1H;/q;;;;;+2/p-2. The third kappa shape index (κ3) is 8.59. The maximum atomic E-state index is 2.55. The fourth-order valence-corrected chi connectivity index (χ4v) is 10.2. The van der Waals surface area contributed by atoms with Crippen molar-refractivity contribution >= 4 is 0 Å². The van der Waals surface area contributed by atoms with Gasteiger partial charge in [-0.15, -0.1) is 0 Å². The molecule has 4 heteroatoms. The minimum Gasteiger partial charge on any atom is -1.00 e. The van der Waals surface area contributed by atoms with Gasteiger partial charge in [-0.25, -0.2) is 0 Å². The Morgan fingerprint density at radius 2 is 1.57 bits per heavy atom. The molecule has 0 fully saturated rings. The van der Waals surface area contributed by atoms with Gasteiger partial charge in [0.05, 0.1) is 0 Å². The number of nitrogens with zero attached hydrogens (tertiary/aromatic N) is 1. The zero-order valence-corrected chi connectivity index (χ0v) is 19.0. The van der Waals surface area contributed by atoms with Gasteiger partial charge < -0.3 is 24.8 Å². The maximum absolute atomic E-state index is 2.55. The van der Waals surface area contributed by atoms with Crippen LogP contribution in [0.1, 0.15) is 66.2 Å². The molecule has 0 bridgehead atoms. The smallest absolute Gasteiger partial charge is 1.00 e. The Hall–Kier alpha value is 0.734. The van der Waals surface area contributed by atoms with Gasteiger partial charge in [0.1, 0.15) is 0 Å². The van der Waals surface area contributed by atoms with Crippen molar-refractivity contribution < 1.29 is 42.7 Å². The monoisotopic (exact) mass is 396 g/mol. The Morgan fingerprint density at radius 1 is 1.04 bits per heavy atom. The van der Waals surface area contributed by atoms with E-state index in [0.717, 1.165) is 8.45 Å². The molecule has 0 aromatic heterocycles. The quantitative estimate of drug-likeness (QED) is 0.469. The third-order valence-electron chi connectivity index (χ3n) is 4.71. The van der Waals surface area contributed by atoms with Crippen LogP contribution in [-0.2, 0) is 17.9 Å². The Bertz CT molecular complexity index is 354. The van der Waals surface area contributed by atoms with Crippen molar-refractivity contribution in [1.29, 1.82) is 0 Å². The fourth-order valence-electron chi connectivity index (χ4n) is 3.64. The molecular formula is C19H36Cl2NTi. The molecule has 1 aliphatic rings. The van der Waals surface area contributed by atoms with Crippen LogP contribution in [0.2, 0.25) is 8.45 Å². The van der Waals surface area contributed by atoms with E-state index in [1.807, 2.05) is 3.88 Å².